The third-order valence-electron chi connectivity index (χ3n) is 4.83. The summed E-state index contributed by atoms with van der Waals surface area (Å²) in [6.45, 7) is 3.31. The molecular formula is C22H22N4O6S. The molecule has 0 fully saturated rings. The third-order valence-corrected chi connectivity index (χ3v) is 5.44. The molecule has 0 saturated carbocycles. The number of nitriles is 1. The number of carbonyl (C=O) groups excluding carboxylic acids is 2. The van der Waals surface area contributed by atoms with Crippen LogP contribution in [0.1, 0.15) is 32.9 Å². The molecule has 2 heterocycles. The van der Waals surface area contributed by atoms with Crippen LogP contribution in [0.5, 0.6) is 0 Å². The Morgan fingerprint density at radius 1 is 1.21 bits per heavy atom. The first kappa shape index (κ1) is 23.6. The van der Waals surface area contributed by atoms with Crippen molar-refractivity contribution in [2.75, 3.05) is 22.9 Å². The van der Waals surface area contributed by atoms with Crippen molar-refractivity contribution in [2.24, 2.45) is 0 Å². The minimum atomic E-state index is -3.51. The molecule has 0 radical (unpaired) electrons. The number of sulfonamides is 1. The summed E-state index contributed by atoms with van der Waals surface area (Å²) in [6.07, 6.45) is 2.52. The van der Waals surface area contributed by atoms with Gasteiger partial charge in [-0.2, -0.15) is 5.26 Å². The first-order valence-electron chi connectivity index (χ1n) is 9.76. The summed E-state index contributed by atoms with van der Waals surface area (Å²) in [5.74, 6) is -0.518. The summed E-state index contributed by atoms with van der Waals surface area (Å²) >= 11 is 0. The Bertz CT molecular complexity index is 1330. The average Bonchev–Trinajstić information content (AvgIpc) is 3.34. The average molecular weight is 471 g/mol. The maximum Gasteiger partial charge on any atom is 0.338 e. The maximum atomic E-state index is 12.5. The van der Waals surface area contributed by atoms with Gasteiger partial charge >= 0.3 is 5.97 Å². The lowest BCUT2D eigenvalue weighted by molar-refractivity contribution is -0.119. The van der Waals surface area contributed by atoms with E-state index in [1.807, 2.05) is 6.92 Å². The van der Waals surface area contributed by atoms with Crippen LogP contribution in [0.3, 0.4) is 0 Å². The van der Waals surface area contributed by atoms with Gasteiger partial charge in [0.2, 0.25) is 10.0 Å². The van der Waals surface area contributed by atoms with Crippen molar-refractivity contribution >= 4 is 33.4 Å². The van der Waals surface area contributed by atoms with E-state index in [4.69, 9.17) is 9.15 Å². The molecule has 0 spiro atoms. The molecule has 2 N–H and O–H groups in total. The quantitative estimate of drug-likeness (QED) is 0.482. The van der Waals surface area contributed by atoms with E-state index in [2.05, 4.69) is 16.1 Å². The largest absolute Gasteiger partial charge is 0.467 e. The normalized spacial score (nSPS) is 11.0. The monoisotopic (exact) mass is 470 g/mol. The topological polar surface area (TPSA) is 143 Å². The first-order chi connectivity index (χ1) is 15.6. The predicted molar refractivity (Wildman–Crippen MR) is 120 cm³/mol. The molecule has 0 aliphatic heterocycles. The zero-order valence-corrected chi connectivity index (χ0v) is 19.0. The van der Waals surface area contributed by atoms with Crippen molar-refractivity contribution in [3.63, 3.8) is 0 Å². The van der Waals surface area contributed by atoms with Crippen LogP contribution in [0.25, 0.3) is 0 Å². The van der Waals surface area contributed by atoms with Gasteiger partial charge < -0.3 is 19.0 Å². The summed E-state index contributed by atoms with van der Waals surface area (Å²) < 4.78 is 37.2. The molecular weight excluding hydrogens is 448 g/mol. The molecule has 1 amide bonds. The Balaban J connectivity index is 1.71. The van der Waals surface area contributed by atoms with Gasteiger partial charge in [-0.3, -0.25) is 9.52 Å². The summed E-state index contributed by atoms with van der Waals surface area (Å²) in [5, 5.41) is 12.2. The van der Waals surface area contributed by atoms with E-state index in [1.54, 1.807) is 23.6 Å². The lowest BCUT2D eigenvalue weighted by Gasteiger charge is -2.12. The highest BCUT2D eigenvalue weighted by Crippen LogP contribution is 2.27. The van der Waals surface area contributed by atoms with Crippen molar-refractivity contribution in [1.29, 1.82) is 5.26 Å². The second-order valence-electron chi connectivity index (χ2n) is 7.29. The van der Waals surface area contributed by atoms with E-state index in [1.165, 1.54) is 30.5 Å². The Morgan fingerprint density at radius 3 is 2.61 bits per heavy atom. The fraction of sp³-hybridized carbons (Fsp3) is 0.227. The van der Waals surface area contributed by atoms with Crippen LogP contribution in [0.4, 0.5) is 11.5 Å². The fourth-order valence-electron chi connectivity index (χ4n) is 3.19. The zero-order chi connectivity index (χ0) is 24.2. The van der Waals surface area contributed by atoms with Crippen LogP contribution in [0.2, 0.25) is 0 Å². The highest BCUT2D eigenvalue weighted by molar-refractivity contribution is 7.92. The number of amides is 1. The lowest BCUT2D eigenvalue weighted by Crippen LogP contribution is -2.23. The standard InChI is InChI=1S/C22H22N4O6S/c1-14-15(2)26(12-18-8-5-9-31-18)21(19(14)11-23)24-20(27)13-32-22(28)16-6-4-7-17(10-16)25-33(3,29)30/h4-10,25H,12-13H2,1-3H3,(H,24,27). The Kier molecular flexibility index (Phi) is 6.89. The summed E-state index contributed by atoms with van der Waals surface area (Å²) in [5.41, 5.74) is 2.06. The van der Waals surface area contributed by atoms with Crippen LogP contribution < -0.4 is 10.0 Å². The lowest BCUT2D eigenvalue weighted by atomic mass is 10.2. The second kappa shape index (κ2) is 9.62. The highest BCUT2D eigenvalue weighted by atomic mass is 32.2. The van der Waals surface area contributed by atoms with E-state index < -0.39 is 28.5 Å². The Hall–Kier alpha value is -4.04. The van der Waals surface area contributed by atoms with Gasteiger partial charge in [-0.25, -0.2) is 13.2 Å². The maximum absolute atomic E-state index is 12.5. The number of anilines is 2. The van der Waals surface area contributed by atoms with Gasteiger partial charge in [-0.05, 0) is 49.7 Å². The molecule has 33 heavy (non-hydrogen) atoms. The molecule has 10 nitrogen and oxygen atoms in total. The van der Waals surface area contributed by atoms with Crippen LogP contribution >= 0.6 is 0 Å². The number of ether oxygens (including phenoxy) is 1. The van der Waals surface area contributed by atoms with Crippen molar-refractivity contribution in [3.8, 4) is 6.07 Å². The molecule has 1 aromatic carbocycles. The van der Waals surface area contributed by atoms with Crippen molar-refractivity contribution in [3.05, 3.63) is 70.8 Å². The van der Waals surface area contributed by atoms with Gasteiger partial charge in [0, 0.05) is 11.4 Å². The smallest absolute Gasteiger partial charge is 0.338 e. The minimum absolute atomic E-state index is 0.0713. The van der Waals surface area contributed by atoms with Gasteiger partial charge in [-0.15, -0.1) is 0 Å². The Morgan fingerprint density at radius 2 is 1.97 bits per heavy atom. The number of nitrogens with zero attached hydrogens (tertiary/aromatic N) is 2. The first-order valence-corrected chi connectivity index (χ1v) is 11.6. The zero-order valence-electron chi connectivity index (χ0n) is 18.2. The summed E-state index contributed by atoms with van der Waals surface area (Å²) in [4.78, 5) is 24.8. The summed E-state index contributed by atoms with van der Waals surface area (Å²) in [7, 11) is -3.51. The van der Waals surface area contributed by atoms with Gasteiger partial charge in [0.05, 0.1) is 30.2 Å². The molecule has 3 aromatic rings. The fourth-order valence-corrected chi connectivity index (χ4v) is 3.75. The highest BCUT2D eigenvalue weighted by Gasteiger charge is 2.21. The van der Waals surface area contributed by atoms with Crippen molar-refractivity contribution in [2.45, 2.75) is 20.4 Å². The summed E-state index contributed by atoms with van der Waals surface area (Å²) in [6, 6.07) is 11.3. The van der Waals surface area contributed by atoms with E-state index >= 15 is 0 Å². The number of nitrogens with one attached hydrogen (secondary N) is 2. The number of carbonyl (C=O) groups is 2. The number of aromatic nitrogens is 1. The van der Waals surface area contributed by atoms with Crippen molar-refractivity contribution in [1.82, 2.24) is 4.57 Å². The van der Waals surface area contributed by atoms with Gasteiger partial charge in [0.15, 0.2) is 6.61 Å². The SMILES string of the molecule is Cc1c(C#N)c(NC(=O)COC(=O)c2cccc(NS(C)(=O)=O)c2)n(Cc2ccco2)c1C. The predicted octanol–water partition coefficient (Wildman–Crippen LogP) is 2.78. The molecule has 0 bridgehead atoms. The third kappa shape index (κ3) is 5.81. The number of hydrogen-bond donors (Lipinski definition) is 2. The molecule has 3 rings (SSSR count). The van der Waals surface area contributed by atoms with E-state index in [-0.39, 0.29) is 17.1 Å². The van der Waals surface area contributed by atoms with Crippen LogP contribution in [-0.2, 0) is 26.1 Å². The number of rotatable bonds is 8. The number of esters is 1. The molecule has 2 aromatic heterocycles. The molecule has 0 aliphatic carbocycles. The molecule has 11 heteroatoms. The number of benzene rings is 1. The van der Waals surface area contributed by atoms with Crippen LogP contribution in [0, 0.1) is 25.2 Å². The minimum Gasteiger partial charge on any atom is -0.467 e. The van der Waals surface area contributed by atoms with E-state index in [0.29, 0.717) is 23.4 Å². The molecule has 0 atom stereocenters. The van der Waals surface area contributed by atoms with E-state index in [9.17, 15) is 23.3 Å². The molecule has 0 aliphatic rings. The number of hydrogen-bond acceptors (Lipinski definition) is 7. The van der Waals surface area contributed by atoms with Gasteiger partial charge in [0.1, 0.15) is 17.6 Å². The van der Waals surface area contributed by atoms with Gasteiger partial charge in [-0.1, -0.05) is 6.07 Å². The Labute approximate surface area is 190 Å². The van der Waals surface area contributed by atoms with Crippen molar-refractivity contribution < 1.29 is 27.2 Å². The second-order valence-corrected chi connectivity index (χ2v) is 9.04. The van der Waals surface area contributed by atoms with Crippen LogP contribution in [0.15, 0.2) is 47.1 Å². The van der Waals surface area contributed by atoms with Gasteiger partial charge in [0.25, 0.3) is 5.91 Å². The molecule has 0 unspecified atom stereocenters. The molecule has 172 valence electrons. The van der Waals surface area contributed by atoms with E-state index in [0.717, 1.165) is 11.9 Å². The number of furan rings is 1. The molecule has 0 saturated heterocycles. The van der Waals surface area contributed by atoms with Crippen LogP contribution in [-0.4, -0.2) is 37.7 Å².